The van der Waals surface area contributed by atoms with E-state index < -0.39 is 13.6 Å². The molecule has 0 N–H and O–H groups in total. The lowest BCUT2D eigenvalue weighted by atomic mass is 10.1. The number of rotatable bonds is 8. The van der Waals surface area contributed by atoms with Gasteiger partial charge >= 0.3 is 13.6 Å². The predicted molar refractivity (Wildman–Crippen MR) is 72.0 cm³/mol. The maximum absolute atomic E-state index is 12.1. The summed E-state index contributed by atoms with van der Waals surface area (Å²) in [7, 11) is 0.881. The minimum Gasteiger partial charge on any atom is -0.503 e. The molecule has 0 aliphatic carbocycles. The summed E-state index contributed by atoms with van der Waals surface area (Å²) >= 11 is 0. The fourth-order valence-corrected chi connectivity index (χ4v) is 2.52. The van der Waals surface area contributed by atoms with Gasteiger partial charge in [0.15, 0.2) is 0 Å². The predicted octanol–water partition coefficient (Wildman–Crippen LogP) is 2.51. The van der Waals surface area contributed by atoms with Gasteiger partial charge in [0.05, 0.1) is 38.8 Å². The number of allylic oxidation sites excluding steroid dienone is 1. The molecule has 7 heteroatoms. The Morgan fingerprint density at radius 1 is 1.26 bits per heavy atom. The maximum Gasteiger partial charge on any atom is 0.341 e. The zero-order chi connectivity index (χ0) is 14.9. The molecule has 0 aromatic carbocycles. The molecule has 0 bridgehead atoms. The summed E-state index contributed by atoms with van der Waals surface area (Å²) < 4.78 is 31.5. The molecule has 110 valence electrons. The Balaban J connectivity index is 5.01. The molecule has 19 heavy (non-hydrogen) atoms. The number of ether oxygens (including phenoxy) is 2. The lowest BCUT2D eigenvalue weighted by molar-refractivity contribution is -0.135. The summed E-state index contributed by atoms with van der Waals surface area (Å²) in [6.07, 6.45) is 2.94. The topological polar surface area (TPSA) is 71.1 Å². The van der Waals surface area contributed by atoms with Crippen LogP contribution in [0.2, 0.25) is 0 Å². The van der Waals surface area contributed by atoms with E-state index in [4.69, 9.17) is 13.8 Å². The summed E-state index contributed by atoms with van der Waals surface area (Å²) in [5.41, 5.74) is 0.829. The summed E-state index contributed by atoms with van der Waals surface area (Å²) in [6, 6.07) is 0. The van der Waals surface area contributed by atoms with E-state index in [0.29, 0.717) is 5.57 Å². The van der Waals surface area contributed by atoms with Crippen LogP contribution in [0.3, 0.4) is 0 Å². The van der Waals surface area contributed by atoms with Crippen LogP contribution in [0.4, 0.5) is 0 Å². The van der Waals surface area contributed by atoms with Crippen LogP contribution in [0.15, 0.2) is 23.5 Å². The monoisotopic (exact) mass is 292 g/mol. The van der Waals surface area contributed by atoms with Crippen molar-refractivity contribution < 1.29 is 27.9 Å². The Labute approximate surface area is 113 Å². The van der Waals surface area contributed by atoms with E-state index in [1.807, 2.05) is 0 Å². The quantitative estimate of drug-likeness (QED) is 0.225. The standard InChI is InChI=1S/C12H21O6P/c1-6-18-19(14,17-5)8-7-10(2)11(9-15-3)12(13)16-4/h7,9H,6,8H2,1-5H3. The zero-order valence-corrected chi connectivity index (χ0v) is 12.9. The van der Waals surface area contributed by atoms with Crippen molar-refractivity contribution in [1.29, 1.82) is 0 Å². The summed E-state index contributed by atoms with van der Waals surface area (Å²) in [5, 5.41) is 0. The highest BCUT2D eigenvalue weighted by atomic mass is 31.2. The third-order valence-corrected chi connectivity index (χ3v) is 4.13. The van der Waals surface area contributed by atoms with Crippen LogP contribution in [-0.2, 0) is 27.9 Å². The van der Waals surface area contributed by atoms with Crippen LogP contribution >= 0.6 is 7.60 Å². The molecule has 1 atom stereocenters. The van der Waals surface area contributed by atoms with E-state index in [-0.39, 0.29) is 18.3 Å². The number of hydrogen-bond acceptors (Lipinski definition) is 6. The lowest BCUT2D eigenvalue weighted by Crippen LogP contribution is -2.07. The fourth-order valence-electron chi connectivity index (χ4n) is 1.27. The molecule has 0 aromatic heterocycles. The number of carbonyl (C=O) groups is 1. The van der Waals surface area contributed by atoms with Gasteiger partial charge in [-0.15, -0.1) is 0 Å². The first-order valence-corrected chi connectivity index (χ1v) is 7.44. The van der Waals surface area contributed by atoms with Gasteiger partial charge in [-0.25, -0.2) is 4.79 Å². The number of esters is 1. The molecule has 0 rings (SSSR count). The molecule has 0 amide bonds. The van der Waals surface area contributed by atoms with Crippen molar-refractivity contribution >= 4 is 13.6 Å². The third-order valence-electron chi connectivity index (χ3n) is 2.29. The molecule has 0 heterocycles. The van der Waals surface area contributed by atoms with Crippen molar-refractivity contribution in [2.45, 2.75) is 13.8 Å². The van der Waals surface area contributed by atoms with Crippen LogP contribution in [0.1, 0.15) is 13.8 Å². The van der Waals surface area contributed by atoms with Crippen molar-refractivity contribution in [2.24, 2.45) is 0 Å². The van der Waals surface area contributed by atoms with Crippen LogP contribution < -0.4 is 0 Å². The van der Waals surface area contributed by atoms with E-state index >= 15 is 0 Å². The van der Waals surface area contributed by atoms with Crippen molar-refractivity contribution in [3.05, 3.63) is 23.5 Å². The lowest BCUT2D eigenvalue weighted by Gasteiger charge is -2.14. The Morgan fingerprint density at radius 2 is 1.89 bits per heavy atom. The molecule has 0 spiro atoms. The van der Waals surface area contributed by atoms with Crippen LogP contribution in [0.5, 0.6) is 0 Å². The second kappa shape index (κ2) is 8.91. The van der Waals surface area contributed by atoms with Crippen molar-refractivity contribution in [1.82, 2.24) is 0 Å². The smallest absolute Gasteiger partial charge is 0.341 e. The zero-order valence-electron chi connectivity index (χ0n) is 12.0. The average molecular weight is 292 g/mol. The van der Waals surface area contributed by atoms with Gasteiger partial charge < -0.3 is 18.5 Å². The number of methoxy groups -OCH3 is 2. The molecule has 1 unspecified atom stereocenters. The average Bonchev–Trinajstić information content (AvgIpc) is 2.41. The molecule has 0 fully saturated rings. The van der Waals surface area contributed by atoms with Crippen LogP contribution in [-0.4, -0.2) is 40.1 Å². The molecule has 0 aliphatic heterocycles. The largest absolute Gasteiger partial charge is 0.503 e. The highest BCUT2D eigenvalue weighted by Crippen LogP contribution is 2.47. The first-order valence-electron chi connectivity index (χ1n) is 5.71. The van der Waals surface area contributed by atoms with E-state index in [1.165, 1.54) is 27.6 Å². The van der Waals surface area contributed by atoms with Crippen molar-refractivity contribution in [2.75, 3.05) is 34.1 Å². The van der Waals surface area contributed by atoms with Crippen molar-refractivity contribution in [3.63, 3.8) is 0 Å². The highest BCUT2D eigenvalue weighted by molar-refractivity contribution is 7.54. The Morgan fingerprint density at radius 3 is 2.32 bits per heavy atom. The van der Waals surface area contributed by atoms with Crippen molar-refractivity contribution in [3.8, 4) is 0 Å². The minimum atomic E-state index is -3.15. The minimum absolute atomic E-state index is 0.0707. The molecule has 0 aromatic rings. The molecule has 0 saturated heterocycles. The van der Waals surface area contributed by atoms with Gasteiger partial charge in [0.25, 0.3) is 0 Å². The van der Waals surface area contributed by atoms with E-state index in [1.54, 1.807) is 19.9 Å². The number of carbonyl (C=O) groups excluding carboxylic acids is 1. The second-order valence-electron chi connectivity index (χ2n) is 3.54. The molecule has 6 nitrogen and oxygen atoms in total. The Bertz CT molecular complexity index is 399. The summed E-state index contributed by atoms with van der Waals surface area (Å²) in [5.74, 6) is -0.528. The second-order valence-corrected chi connectivity index (χ2v) is 5.75. The SMILES string of the molecule is CCOP(=O)(CC=C(C)C(=COC)C(=O)OC)OC. The van der Waals surface area contributed by atoms with E-state index in [9.17, 15) is 9.36 Å². The maximum atomic E-state index is 12.1. The van der Waals surface area contributed by atoms with Crippen LogP contribution in [0.25, 0.3) is 0 Å². The number of hydrogen-bond donors (Lipinski definition) is 0. The first kappa shape index (κ1) is 17.9. The van der Waals surface area contributed by atoms with Gasteiger partial charge in [0.1, 0.15) is 0 Å². The van der Waals surface area contributed by atoms with Gasteiger partial charge in [0.2, 0.25) is 0 Å². The Hall–Kier alpha value is -1.10. The van der Waals surface area contributed by atoms with Gasteiger partial charge in [-0.05, 0) is 19.4 Å². The van der Waals surface area contributed by atoms with Gasteiger partial charge in [-0.2, -0.15) is 0 Å². The van der Waals surface area contributed by atoms with Gasteiger partial charge in [-0.3, -0.25) is 4.57 Å². The molecule has 0 aliphatic rings. The first-order chi connectivity index (χ1) is 8.94. The Kier molecular flexibility index (Phi) is 8.39. The van der Waals surface area contributed by atoms with E-state index in [0.717, 1.165) is 0 Å². The molecular formula is C12H21O6P. The summed E-state index contributed by atoms with van der Waals surface area (Å²) in [4.78, 5) is 11.5. The third kappa shape index (κ3) is 6.05. The summed E-state index contributed by atoms with van der Waals surface area (Å²) in [6.45, 7) is 3.70. The fraction of sp³-hybridized carbons (Fsp3) is 0.583. The van der Waals surface area contributed by atoms with Gasteiger partial charge in [0, 0.05) is 7.11 Å². The van der Waals surface area contributed by atoms with E-state index in [2.05, 4.69) is 4.74 Å². The van der Waals surface area contributed by atoms with Gasteiger partial charge in [-0.1, -0.05) is 6.08 Å². The normalized spacial score (nSPS) is 15.8. The van der Waals surface area contributed by atoms with Crippen LogP contribution in [0, 0.1) is 0 Å². The highest BCUT2D eigenvalue weighted by Gasteiger charge is 2.21. The molecule has 0 saturated carbocycles. The molecular weight excluding hydrogens is 271 g/mol. The molecule has 0 radical (unpaired) electrons.